The van der Waals surface area contributed by atoms with Gasteiger partial charge in [0, 0.05) is 13.6 Å². The van der Waals surface area contributed by atoms with Crippen molar-refractivity contribution in [3.63, 3.8) is 0 Å². The van der Waals surface area contributed by atoms with Crippen molar-refractivity contribution in [1.29, 1.82) is 0 Å². The summed E-state index contributed by atoms with van der Waals surface area (Å²) in [7, 11) is 1.61. The van der Waals surface area contributed by atoms with Crippen molar-refractivity contribution < 1.29 is 4.79 Å². The van der Waals surface area contributed by atoms with E-state index in [4.69, 9.17) is 5.73 Å². The number of rotatable bonds is 6. The highest BCUT2D eigenvalue weighted by molar-refractivity contribution is 7.17. The Balaban J connectivity index is 2.33. The van der Waals surface area contributed by atoms with Crippen LogP contribution in [0.3, 0.4) is 0 Å². The number of aryl methyl sites for hydroxylation is 3. The monoisotopic (exact) mass is 349 g/mol. The van der Waals surface area contributed by atoms with E-state index >= 15 is 0 Å². The smallest absolute Gasteiger partial charge is 0.277 e. The van der Waals surface area contributed by atoms with E-state index in [0.717, 1.165) is 24.1 Å². The van der Waals surface area contributed by atoms with Crippen molar-refractivity contribution in [2.45, 2.75) is 33.6 Å². The number of carbonyl (C=O) groups is 1. The molecular weight excluding hydrogens is 326 g/mol. The highest BCUT2D eigenvalue weighted by Gasteiger charge is 2.20. The summed E-state index contributed by atoms with van der Waals surface area (Å²) < 4.78 is 1.31. The molecule has 0 aliphatic carbocycles. The minimum Gasteiger partial charge on any atom is -0.351 e. The number of amides is 1. The van der Waals surface area contributed by atoms with Gasteiger partial charge in [-0.1, -0.05) is 0 Å². The zero-order valence-corrected chi connectivity index (χ0v) is 15.3. The van der Waals surface area contributed by atoms with E-state index in [1.165, 1.54) is 16.0 Å². The topological polar surface area (TPSA) is 103 Å². The predicted octanol–water partition coefficient (Wildman–Crippen LogP) is 1.30. The summed E-state index contributed by atoms with van der Waals surface area (Å²) in [5, 5.41) is 7.60. The lowest BCUT2D eigenvalue weighted by Crippen LogP contribution is -2.24. The van der Waals surface area contributed by atoms with Crippen molar-refractivity contribution in [1.82, 2.24) is 20.1 Å². The van der Waals surface area contributed by atoms with Crippen LogP contribution in [0.15, 0.2) is 4.79 Å². The third kappa shape index (κ3) is 3.70. The first-order chi connectivity index (χ1) is 11.4. The Morgan fingerprint density at radius 1 is 1.25 bits per heavy atom. The molecule has 0 unspecified atom stereocenters. The Kier molecular flexibility index (Phi) is 5.84. The highest BCUT2D eigenvalue weighted by atomic mass is 32.1. The SMILES string of the molecule is Cc1nc(-c2c(C)c(C)nn(C)c2=O)sc1C(=O)NCCCCN. The van der Waals surface area contributed by atoms with E-state index in [1.807, 2.05) is 13.8 Å². The largest absolute Gasteiger partial charge is 0.351 e. The van der Waals surface area contributed by atoms with Gasteiger partial charge >= 0.3 is 0 Å². The van der Waals surface area contributed by atoms with E-state index in [0.29, 0.717) is 34.2 Å². The Labute approximate surface area is 144 Å². The Morgan fingerprint density at radius 3 is 2.62 bits per heavy atom. The van der Waals surface area contributed by atoms with Gasteiger partial charge in [0.05, 0.1) is 17.0 Å². The molecular formula is C16H23N5O2S. The van der Waals surface area contributed by atoms with E-state index < -0.39 is 0 Å². The molecule has 0 aliphatic heterocycles. The summed E-state index contributed by atoms with van der Waals surface area (Å²) in [5.74, 6) is -0.159. The molecule has 2 heterocycles. The fourth-order valence-electron chi connectivity index (χ4n) is 2.37. The second-order valence-corrected chi connectivity index (χ2v) is 6.70. The van der Waals surface area contributed by atoms with Gasteiger partial charge in [-0.2, -0.15) is 5.10 Å². The number of aromatic nitrogens is 3. The number of unbranched alkanes of at least 4 members (excludes halogenated alkanes) is 1. The van der Waals surface area contributed by atoms with Crippen LogP contribution in [-0.4, -0.2) is 33.8 Å². The van der Waals surface area contributed by atoms with Crippen LogP contribution in [0.1, 0.15) is 39.5 Å². The normalized spacial score (nSPS) is 10.9. The van der Waals surface area contributed by atoms with Crippen LogP contribution in [0.5, 0.6) is 0 Å². The molecule has 130 valence electrons. The number of nitrogens with one attached hydrogen (secondary N) is 1. The molecule has 7 nitrogen and oxygen atoms in total. The van der Waals surface area contributed by atoms with Crippen LogP contribution >= 0.6 is 11.3 Å². The molecule has 0 radical (unpaired) electrons. The van der Waals surface area contributed by atoms with Crippen molar-refractivity contribution in [3.8, 4) is 10.6 Å². The summed E-state index contributed by atoms with van der Waals surface area (Å²) >= 11 is 1.24. The van der Waals surface area contributed by atoms with Gasteiger partial charge in [-0.15, -0.1) is 11.3 Å². The predicted molar refractivity (Wildman–Crippen MR) is 95.4 cm³/mol. The average molecular weight is 349 g/mol. The molecule has 3 N–H and O–H groups in total. The second-order valence-electron chi connectivity index (χ2n) is 5.70. The minimum atomic E-state index is -0.207. The molecule has 24 heavy (non-hydrogen) atoms. The van der Waals surface area contributed by atoms with Gasteiger partial charge in [-0.25, -0.2) is 9.67 Å². The Bertz CT molecular complexity index is 810. The number of nitrogens with two attached hydrogens (primary N) is 1. The molecule has 0 saturated heterocycles. The molecule has 2 aromatic rings. The lowest BCUT2D eigenvalue weighted by molar-refractivity contribution is 0.0956. The van der Waals surface area contributed by atoms with Crippen LogP contribution in [0.25, 0.3) is 10.6 Å². The molecule has 0 aromatic carbocycles. The van der Waals surface area contributed by atoms with Crippen molar-refractivity contribution in [3.05, 3.63) is 32.2 Å². The Morgan fingerprint density at radius 2 is 1.96 bits per heavy atom. The van der Waals surface area contributed by atoms with Gasteiger partial charge < -0.3 is 11.1 Å². The van der Waals surface area contributed by atoms with Gasteiger partial charge in [-0.3, -0.25) is 9.59 Å². The number of carbonyl (C=O) groups excluding carboxylic acids is 1. The van der Waals surface area contributed by atoms with Crippen molar-refractivity contribution in [2.75, 3.05) is 13.1 Å². The van der Waals surface area contributed by atoms with Crippen LogP contribution in [-0.2, 0) is 7.05 Å². The minimum absolute atomic E-state index is 0.159. The van der Waals surface area contributed by atoms with Crippen molar-refractivity contribution >= 4 is 17.2 Å². The highest BCUT2D eigenvalue weighted by Crippen LogP contribution is 2.28. The summed E-state index contributed by atoms with van der Waals surface area (Å²) in [6, 6.07) is 0. The van der Waals surface area contributed by atoms with E-state index in [9.17, 15) is 9.59 Å². The molecule has 0 aliphatic rings. The van der Waals surface area contributed by atoms with E-state index in [1.54, 1.807) is 14.0 Å². The first-order valence-corrected chi connectivity index (χ1v) is 8.69. The number of hydrogen-bond donors (Lipinski definition) is 2. The third-order valence-electron chi connectivity index (χ3n) is 3.86. The molecule has 8 heteroatoms. The first-order valence-electron chi connectivity index (χ1n) is 7.87. The molecule has 2 rings (SSSR count). The summed E-state index contributed by atoms with van der Waals surface area (Å²) in [6.45, 7) is 6.68. The molecule has 0 atom stereocenters. The van der Waals surface area contributed by atoms with Gasteiger partial charge in [0.2, 0.25) is 0 Å². The summed E-state index contributed by atoms with van der Waals surface area (Å²) in [4.78, 5) is 29.7. The molecule has 0 fully saturated rings. The zero-order valence-electron chi connectivity index (χ0n) is 14.5. The number of nitrogens with zero attached hydrogens (tertiary/aromatic N) is 3. The molecule has 1 amide bonds. The third-order valence-corrected chi connectivity index (χ3v) is 5.03. The average Bonchev–Trinajstić information content (AvgIpc) is 2.91. The van der Waals surface area contributed by atoms with Crippen molar-refractivity contribution in [2.24, 2.45) is 12.8 Å². The fraction of sp³-hybridized carbons (Fsp3) is 0.500. The maximum atomic E-state index is 12.4. The van der Waals surface area contributed by atoms with Gasteiger partial charge in [0.15, 0.2) is 0 Å². The fourth-order valence-corrected chi connectivity index (χ4v) is 3.44. The van der Waals surface area contributed by atoms with E-state index in [-0.39, 0.29) is 11.5 Å². The lowest BCUT2D eigenvalue weighted by atomic mass is 10.1. The van der Waals surface area contributed by atoms with Crippen LogP contribution in [0.2, 0.25) is 0 Å². The van der Waals surface area contributed by atoms with Crippen LogP contribution in [0.4, 0.5) is 0 Å². The maximum absolute atomic E-state index is 12.4. The molecule has 2 aromatic heterocycles. The molecule has 0 bridgehead atoms. The standard InChI is InChI=1S/C16H23N5O2S/c1-9-10(2)20-21(4)16(23)12(9)15-19-11(3)13(24-15)14(22)18-8-6-5-7-17/h5-8,17H2,1-4H3,(H,18,22). The van der Waals surface area contributed by atoms with Gasteiger partial charge in [0.1, 0.15) is 9.88 Å². The number of thiazole rings is 1. The van der Waals surface area contributed by atoms with Crippen LogP contribution < -0.4 is 16.6 Å². The Hall–Kier alpha value is -2.06. The van der Waals surface area contributed by atoms with Gasteiger partial charge in [-0.05, 0) is 45.7 Å². The zero-order chi connectivity index (χ0) is 17.9. The lowest BCUT2D eigenvalue weighted by Gasteiger charge is -2.07. The van der Waals surface area contributed by atoms with E-state index in [2.05, 4.69) is 15.4 Å². The summed E-state index contributed by atoms with van der Waals surface area (Å²) in [5.41, 5.74) is 7.94. The quantitative estimate of drug-likeness (QED) is 0.765. The van der Waals surface area contributed by atoms with Gasteiger partial charge in [0.25, 0.3) is 11.5 Å². The molecule has 0 spiro atoms. The maximum Gasteiger partial charge on any atom is 0.277 e. The number of hydrogen-bond acceptors (Lipinski definition) is 6. The molecule has 0 saturated carbocycles. The van der Waals surface area contributed by atoms with Crippen LogP contribution in [0, 0.1) is 20.8 Å². The summed E-state index contributed by atoms with van der Waals surface area (Å²) in [6.07, 6.45) is 1.72. The second kappa shape index (κ2) is 7.67. The first kappa shape index (κ1) is 18.3.